The highest BCUT2D eigenvalue weighted by Crippen LogP contribution is 2.42. The highest BCUT2D eigenvalue weighted by atomic mass is 19.1. The summed E-state index contributed by atoms with van der Waals surface area (Å²) in [6, 6.07) is 12.3. The van der Waals surface area contributed by atoms with Crippen LogP contribution in [-0.2, 0) is 0 Å². The molecule has 2 aromatic carbocycles. The van der Waals surface area contributed by atoms with Crippen LogP contribution in [-0.4, -0.2) is 20.8 Å². The number of rotatable bonds is 4. The van der Waals surface area contributed by atoms with Crippen molar-refractivity contribution in [2.45, 2.75) is 18.9 Å². The Labute approximate surface area is 141 Å². The Hall–Kier alpha value is -2.74. The van der Waals surface area contributed by atoms with Crippen molar-refractivity contribution in [2.75, 3.05) is 25.7 Å². The predicted octanol–water partition coefficient (Wildman–Crippen LogP) is 4.06. The van der Waals surface area contributed by atoms with Crippen molar-refractivity contribution in [1.82, 2.24) is 0 Å². The van der Waals surface area contributed by atoms with Gasteiger partial charge in [-0.25, -0.2) is 4.39 Å². The lowest BCUT2D eigenvalue weighted by Gasteiger charge is -2.29. The maximum atomic E-state index is 13.4. The van der Waals surface area contributed by atoms with Crippen molar-refractivity contribution in [3.05, 3.63) is 53.3 Å². The van der Waals surface area contributed by atoms with Gasteiger partial charge in [0.1, 0.15) is 23.4 Å². The normalized spacial score (nSPS) is 16.8. The summed E-state index contributed by atoms with van der Waals surface area (Å²) in [7, 11) is 3.25. The number of ether oxygens (including phenoxy) is 2. The molecule has 0 aromatic heterocycles. The minimum atomic E-state index is -0.395. The molecule has 5 heteroatoms. The van der Waals surface area contributed by atoms with Gasteiger partial charge in [0.25, 0.3) is 0 Å². The van der Waals surface area contributed by atoms with Crippen molar-refractivity contribution < 1.29 is 13.9 Å². The first kappa shape index (κ1) is 16.1. The third-order valence-corrected chi connectivity index (χ3v) is 4.44. The zero-order chi connectivity index (χ0) is 17.1. The van der Waals surface area contributed by atoms with Crippen molar-refractivity contribution in [1.29, 1.82) is 5.26 Å². The van der Waals surface area contributed by atoms with Gasteiger partial charge < -0.3 is 14.4 Å². The number of hydrogen-bond donors (Lipinski definition) is 0. The SMILES string of the molecule is COc1ccc(C2CCCN2c2ccc(F)cc2C#N)c(OC)c1. The number of methoxy groups -OCH3 is 2. The van der Waals surface area contributed by atoms with Crippen LogP contribution in [0.25, 0.3) is 0 Å². The highest BCUT2D eigenvalue weighted by Gasteiger charge is 2.30. The molecule has 24 heavy (non-hydrogen) atoms. The summed E-state index contributed by atoms with van der Waals surface area (Å²) in [5.74, 6) is 1.10. The molecular weight excluding hydrogens is 307 g/mol. The Morgan fingerprint density at radius 1 is 1.17 bits per heavy atom. The molecule has 1 heterocycles. The van der Waals surface area contributed by atoms with E-state index in [0.29, 0.717) is 5.56 Å². The fourth-order valence-electron chi connectivity index (χ4n) is 3.32. The average Bonchev–Trinajstić information content (AvgIpc) is 3.10. The molecule has 1 unspecified atom stereocenters. The van der Waals surface area contributed by atoms with Crippen molar-refractivity contribution in [3.8, 4) is 17.6 Å². The average molecular weight is 326 g/mol. The Kier molecular flexibility index (Phi) is 4.57. The standard InChI is InChI=1S/C19H19FN2O2/c1-23-15-6-7-16(19(11-15)24-2)18-4-3-9-22(18)17-8-5-14(20)10-13(17)12-21/h5-8,10-11,18H,3-4,9H2,1-2H3. The topological polar surface area (TPSA) is 45.5 Å². The van der Waals surface area contributed by atoms with E-state index in [0.717, 1.165) is 42.1 Å². The van der Waals surface area contributed by atoms with Crippen LogP contribution in [0.5, 0.6) is 11.5 Å². The molecule has 0 saturated carbocycles. The molecule has 1 fully saturated rings. The first-order valence-electron chi connectivity index (χ1n) is 7.86. The zero-order valence-corrected chi connectivity index (χ0v) is 13.8. The second kappa shape index (κ2) is 6.79. The van der Waals surface area contributed by atoms with E-state index >= 15 is 0 Å². The third-order valence-electron chi connectivity index (χ3n) is 4.44. The van der Waals surface area contributed by atoms with Crippen LogP contribution >= 0.6 is 0 Å². The molecule has 0 bridgehead atoms. The van der Waals surface area contributed by atoms with Crippen LogP contribution < -0.4 is 14.4 Å². The van der Waals surface area contributed by atoms with Crippen molar-refractivity contribution in [3.63, 3.8) is 0 Å². The Bertz CT molecular complexity index is 785. The lowest BCUT2D eigenvalue weighted by Crippen LogP contribution is -2.24. The van der Waals surface area contributed by atoms with Gasteiger partial charge in [-0.05, 0) is 43.2 Å². The number of hydrogen-bond acceptors (Lipinski definition) is 4. The summed E-state index contributed by atoms with van der Waals surface area (Å²) >= 11 is 0. The van der Waals surface area contributed by atoms with Gasteiger partial charge in [-0.3, -0.25) is 0 Å². The molecule has 0 spiro atoms. The molecule has 4 nitrogen and oxygen atoms in total. The number of nitrogens with zero attached hydrogens (tertiary/aromatic N) is 2. The molecule has 1 saturated heterocycles. The lowest BCUT2D eigenvalue weighted by molar-refractivity contribution is 0.388. The van der Waals surface area contributed by atoms with Crippen LogP contribution in [0.4, 0.5) is 10.1 Å². The molecule has 0 radical (unpaired) electrons. The van der Waals surface area contributed by atoms with E-state index in [1.807, 2.05) is 18.2 Å². The van der Waals surface area contributed by atoms with Crippen LogP contribution in [0.2, 0.25) is 0 Å². The number of nitriles is 1. The smallest absolute Gasteiger partial charge is 0.127 e. The quantitative estimate of drug-likeness (QED) is 0.850. The first-order valence-corrected chi connectivity index (χ1v) is 7.86. The van der Waals surface area contributed by atoms with Gasteiger partial charge in [0, 0.05) is 18.2 Å². The van der Waals surface area contributed by atoms with Crippen molar-refractivity contribution in [2.24, 2.45) is 0 Å². The predicted molar refractivity (Wildman–Crippen MR) is 90.0 cm³/mol. The third kappa shape index (κ3) is 2.88. The van der Waals surface area contributed by atoms with E-state index < -0.39 is 5.82 Å². The minimum Gasteiger partial charge on any atom is -0.497 e. The van der Waals surface area contributed by atoms with Gasteiger partial charge in [-0.2, -0.15) is 5.26 Å². The molecule has 0 amide bonds. The van der Waals surface area contributed by atoms with Gasteiger partial charge in [0.05, 0.1) is 31.5 Å². The fraction of sp³-hybridized carbons (Fsp3) is 0.316. The summed E-state index contributed by atoms with van der Waals surface area (Å²) in [6.45, 7) is 0.820. The van der Waals surface area contributed by atoms with Gasteiger partial charge >= 0.3 is 0 Å². The summed E-state index contributed by atoms with van der Waals surface area (Å²) in [6.07, 6.45) is 1.95. The monoisotopic (exact) mass is 326 g/mol. The van der Waals surface area contributed by atoms with E-state index in [4.69, 9.17) is 9.47 Å². The van der Waals surface area contributed by atoms with Crippen LogP contribution in [0.15, 0.2) is 36.4 Å². The maximum absolute atomic E-state index is 13.4. The Morgan fingerprint density at radius 2 is 2.00 bits per heavy atom. The summed E-state index contributed by atoms with van der Waals surface area (Å²) in [5.41, 5.74) is 2.16. The van der Waals surface area contributed by atoms with Gasteiger partial charge in [0.2, 0.25) is 0 Å². The van der Waals surface area contributed by atoms with Gasteiger partial charge in [-0.15, -0.1) is 0 Å². The zero-order valence-electron chi connectivity index (χ0n) is 13.8. The second-order valence-corrected chi connectivity index (χ2v) is 5.73. The van der Waals surface area contributed by atoms with E-state index in [-0.39, 0.29) is 6.04 Å². The first-order chi connectivity index (χ1) is 11.7. The fourth-order valence-corrected chi connectivity index (χ4v) is 3.32. The summed E-state index contributed by atoms with van der Waals surface area (Å²) < 4.78 is 24.2. The molecule has 1 aliphatic heterocycles. The lowest BCUT2D eigenvalue weighted by atomic mass is 10.0. The van der Waals surface area contributed by atoms with E-state index in [2.05, 4.69) is 11.0 Å². The molecule has 3 rings (SSSR count). The van der Waals surface area contributed by atoms with Crippen LogP contribution in [0.1, 0.15) is 30.0 Å². The van der Waals surface area contributed by atoms with Gasteiger partial charge in [-0.1, -0.05) is 0 Å². The number of halogens is 1. The second-order valence-electron chi connectivity index (χ2n) is 5.73. The molecular formula is C19H19FN2O2. The molecule has 1 atom stereocenters. The highest BCUT2D eigenvalue weighted by molar-refractivity contribution is 5.62. The molecule has 2 aromatic rings. The Morgan fingerprint density at radius 3 is 2.71 bits per heavy atom. The molecule has 0 N–H and O–H groups in total. The van der Waals surface area contributed by atoms with Crippen LogP contribution in [0, 0.1) is 17.1 Å². The van der Waals surface area contributed by atoms with E-state index in [9.17, 15) is 9.65 Å². The maximum Gasteiger partial charge on any atom is 0.127 e. The number of anilines is 1. The largest absolute Gasteiger partial charge is 0.497 e. The molecule has 124 valence electrons. The van der Waals surface area contributed by atoms with Crippen LogP contribution in [0.3, 0.4) is 0 Å². The minimum absolute atomic E-state index is 0.0865. The van der Waals surface area contributed by atoms with E-state index in [1.54, 1.807) is 20.3 Å². The summed E-state index contributed by atoms with van der Waals surface area (Å²) in [5, 5.41) is 9.34. The number of benzene rings is 2. The van der Waals surface area contributed by atoms with Gasteiger partial charge in [0.15, 0.2) is 0 Å². The Balaban J connectivity index is 2.02. The molecule has 0 aliphatic carbocycles. The van der Waals surface area contributed by atoms with E-state index in [1.165, 1.54) is 12.1 Å². The van der Waals surface area contributed by atoms with Crippen molar-refractivity contribution >= 4 is 5.69 Å². The molecule has 1 aliphatic rings. The summed E-state index contributed by atoms with van der Waals surface area (Å²) in [4.78, 5) is 2.16.